The Bertz CT molecular complexity index is 296. The van der Waals surface area contributed by atoms with Crippen LogP contribution < -0.4 is 0 Å². The summed E-state index contributed by atoms with van der Waals surface area (Å²) in [6, 6.07) is 7.46. The summed E-state index contributed by atoms with van der Waals surface area (Å²) in [5, 5.41) is 3.91. The molecular weight excluding hydrogens is 174 g/mol. The third-order valence-corrected chi connectivity index (χ3v) is 1.57. The first kappa shape index (κ1) is 8.21. The number of benzene rings is 1. The lowest BCUT2D eigenvalue weighted by atomic mass is 10.2. The fraction of sp³-hybridized carbons (Fsp3) is 0. The topological polar surface area (TPSA) is 12.4 Å². The Morgan fingerprint density at radius 3 is 2.36 bits per heavy atom. The van der Waals surface area contributed by atoms with Crippen LogP contribution in [0.3, 0.4) is 0 Å². The lowest BCUT2D eigenvalue weighted by Crippen LogP contribution is -1.73. The highest BCUT2D eigenvalue weighted by atomic mass is 32.1. The molecule has 1 aromatic carbocycles. The minimum Gasteiger partial charge on any atom is -0.195 e. The molecule has 1 aromatic rings. The lowest BCUT2D eigenvalue weighted by molar-refractivity contribution is 1.54. The summed E-state index contributed by atoms with van der Waals surface area (Å²) in [5.74, 6) is 0. The van der Waals surface area contributed by atoms with Gasteiger partial charge in [0.25, 0.3) is 0 Å². The molecule has 3 heteroatoms. The van der Waals surface area contributed by atoms with E-state index < -0.39 is 0 Å². The number of aliphatic imine (C=N–C) groups is 1. The Hall–Kier alpha value is -0.890. The van der Waals surface area contributed by atoms with Crippen molar-refractivity contribution >= 4 is 40.7 Å². The van der Waals surface area contributed by atoms with Crippen molar-refractivity contribution in [2.24, 2.45) is 4.99 Å². The summed E-state index contributed by atoms with van der Waals surface area (Å²) >= 11 is 9.18. The van der Waals surface area contributed by atoms with E-state index in [2.05, 4.69) is 22.4 Å². The lowest BCUT2D eigenvalue weighted by Gasteiger charge is -1.90. The van der Waals surface area contributed by atoms with Crippen molar-refractivity contribution in [3.05, 3.63) is 29.8 Å². The molecule has 0 amide bonds. The highest BCUT2D eigenvalue weighted by Gasteiger charge is 1.87. The zero-order chi connectivity index (χ0) is 8.10. The van der Waals surface area contributed by atoms with Gasteiger partial charge in [-0.05, 0) is 29.9 Å². The fourth-order valence-electron chi connectivity index (χ4n) is 0.680. The van der Waals surface area contributed by atoms with Crippen molar-refractivity contribution < 1.29 is 0 Å². The largest absolute Gasteiger partial charge is 0.195 e. The number of hydrogen-bond donors (Lipinski definition) is 0. The van der Waals surface area contributed by atoms with Gasteiger partial charge in [0.15, 0.2) is 0 Å². The Kier molecular flexibility index (Phi) is 3.05. The minimum atomic E-state index is 0.806. The molecule has 0 spiro atoms. The van der Waals surface area contributed by atoms with E-state index in [0.717, 1.165) is 11.3 Å². The van der Waals surface area contributed by atoms with Crippen LogP contribution in [0.1, 0.15) is 5.56 Å². The quantitative estimate of drug-likeness (QED) is 0.511. The summed E-state index contributed by atoms with van der Waals surface area (Å²) in [6.45, 7) is 0. The van der Waals surface area contributed by atoms with Crippen LogP contribution in [0, 0.1) is 0 Å². The second kappa shape index (κ2) is 4.09. The van der Waals surface area contributed by atoms with Gasteiger partial charge in [0.1, 0.15) is 0 Å². The second-order valence-corrected chi connectivity index (χ2v) is 2.33. The van der Waals surface area contributed by atoms with Crippen LogP contribution in [0.25, 0.3) is 0 Å². The summed E-state index contributed by atoms with van der Waals surface area (Å²) in [4.78, 5) is 3.80. The fourth-order valence-corrected chi connectivity index (χ4v) is 0.943. The van der Waals surface area contributed by atoms with E-state index in [1.165, 1.54) is 0 Å². The van der Waals surface area contributed by atoms with Crippen molar-refractivity contribution in [3.8, 4) is 0 Å². The smallest absolute Gasteiger partial charge is 0.0739 e. The molecule has 0 bridgehead atoms. The van der Waals surface area contributed by atoms with Crippen LogP contribution in [0.5, 0.6) is 0 Å². The summed E-state index contributed by atoms with van der Waals surface area (Å²) < 4.78 is 0. The molecule has 54 valence electrons. The Morgan fingerprint density at radius 2 is 1.91 bits per heavy atom. The first-order valence-electron chi connectivity index (χ1n) is 3.00. The first-order valence-corrected chi connectivity index (χ1v) is 3.88. The molecule has 1 rings (SSSR count). The predicted octanol–water partition coefficient (Wildman–Crippen LogP) is 2.77. The molecule has 0 radical (unpaired) electrons. The molecule has 0 heterocycles. The molecule has 11 heavy (non-hydrogen) atoms. The molecule has 0 aromatic heterocycles. The van der Waals surface area contributed by atoms with E-state index in [4.69, 9.17) is 12.2 Å². The highest BCUT2D eigenvalue weighted by Crippen LogP contribution is 2.10. The monoisotopic (exact) mass is 179 g/mol. The van der Waals surface area contributed by atoms with Gasteiger partial charge >= 0.3 is 0 Å². The highest BCUT2D eigenvalue weighted by molar-refractivity contribution is 7.79. The number of thiocarbonyl (C=S) groups is 2. The average molecular weight is 179 g/mol. The van der Waals surface area contributed by atoms with Gasteiger partial charge in [-0.1, -0.05) is 24.4 Å². The molecule has 0 aliphatic heterocycles. The summed E-state index contributed by atoms with van der Waals surface area (Å²) in [6.07, 6.45) is 0. The third kappa shape index (κ3) is 2.31. The maximum atomic E-state index is 4.73. The van der Waals surface area contributed by atoms with Crippen LogP contribution in [0.15, 0.2) is 29.3 Å². The molecule has 0 saturated heterocycles. The number of hydrogen-bond acceptors (Lipinski definition) is 3. The number of nitrogens with zero attached hydrogens (tertiary/aromatic N) is 1. The number of rotatable bonds is 2. The van der Waals surface area contributed by atoms with Crippen LogP contribution in [-0.4, -0.2) is 10.5 Å². The van der Waals surface area contributed by atoms with E-state index >= 15 is 0 Å². The van der Waals surface area contributed by atoms with Crippen LogP contribution in [0.4, 0.5) is 5.69 Å². The SMILES string of the molecule is S=C=Nc1ccc(C=S)cc1. The van der Waals surface area contributed by atoms with Gasteiger partial charge in [0.05, 0.1) is 10.8 Å². The van der Waals surface area contributed by atoms with Crippen molar-refractivity contribution in [2.75, 3.05) is 0 Å². The maximum Gasteiger partial charge on any atom is 0.0739 e. The van der Waals surface area contributed by atoms with E-state index in [1.54, 1.807) is 5.37 Å². The average Bonchev–Trinajstić information content (AvgIpc) is 2.07. The molecule has 0 atom stereocenters. The molecular formula is C8H5NS2. The maximum absolute atomic E-state index is 4.73. The molecule has 0 unspecified atom stereocenters. The molecule has 1 nitrogen and oxygen atoms in total. The Morgan fingerprint density at radius 1 is 1.27 bits per heavy atom. The first-order chi connectivity index (χ1) is 5.36. The van der Waals surface area contributed by atoms with Gasteiger partial charge in [-0.3, -0.25) is 0 Å². The minimum absolute atomic E-state index is 0.806. The van der Waals surface area contributed by atoms with Gasteiger partial charge in [-0.25, -0.2) is 0 Å². The van der Waals surface area contributed by atoms with E-state index in [1.807, 2.05) is 24.3 Å². The van der Waals surface area contributed by atoms with Crippen molar-refractivity contribution in [1.29, 1.82) is 0 Å². The number of isothiocyanates is 1. The Balaban J connectivity index is 2.99. The van der Waals surface area contributed by atoms with E-state index in [0.29, 0.717) is 0 Å². The van der Waals surface area contributed by atoms with Gasteiger partial charge in [0.2, 0.25) is 0 Å². The zero-order valence-electron chi connectivity index (χ0n) is 5.65. The summed E-state index contributed by atoms with van der Waals surface area (Å²) in [7, 11) is 0. The zero-order valence-corrected chi connectivity index (χ0v) is 7.28. The predicted molar refractivity (Wildman–Crippen MR) is 53.9 cm³/mol. The van der Waals surface area contributed by atoms with Crippen LogP contribution >= 0.6 is 24.4 Å². The van der Waals surface area contributed by atoms with Crippen LogP contribution in [-0.2, 0) is 0 Å². The van der Waals surface area contributed by atoms with Gasteiger partial charge in [-0.15, -0.1) is 0 Å². The standard InChI is InChI=1S/C8H5NS2/c10-5-7-1-3-8(4-2-7)9-6-11/h1-5H. The van der Waals surface area contributed by atoms with Gasteiger partial charge < -0.3 is 0 Å². The molecule has 0 aliphatic rings. The molecule has 0 N–H and O–H groups in total. The Labute approximate surface area is 75.8 Å². The molecule has 0 aliphatic carbocycles. The van der Waals surface area contributed by atoms with Crippen LogP contribution in [0.2, 0.25) is 0 Å². The molecule has 0 fully saturated rings. The van der Waals surface area contributed by atoms with Crippen molar-refractivity contribution in [2.45, 2.75) is 0 Å². The van der Waals surface area contributed by atoms with Crippen molar-refractivity contribution in [3.63, 3.8) is 0 Å². The van der Waals surface area contributed by atoms with E-state index in [9.17, 15) is 0 Å². The molecule has 0 saturated carbocycles. The summed E-state index contributed by atoms with van der Waals surface area (Å²) in [5.41, 5.74) is 1.81. The third-order valence-electron chi connectivity index (χ3n) is 1.20. The van der Waals surface area contributed by atoms with Crippen molar-refractivity contribution in [1.82, 2.24) is 0 Å². The normalized spacial score (nSPS) is 8.36. The van der Waals surface area contributed by atoms with Gasteiger partial charge in [0, 0.05) is 5.37 Å². The second-order valence-electron chi connectivity index (χ2n) is 1.91. The van der Waals surface area contributed by atoms with E-state index in [-0.39, 0.29) is 0 Å². The van der Waals surface area contributed by atoms with Gasteiger partial charge in [-0.2, -0.15) is 4.99 Å².